The lowest BCUT2D eigenvalue weighted by atomic mass is 9.89. The first-order chi connectivity index (χ1) is 9.45. The van der Waals surface area contributed by atoms with E-state index in [9.17, 15) is 14.7 Å². The number of piperidine rings is 1. The van der Waals surface area contributed by atoms with Crippen molar-refractivity contribution in [3.05, 3.63) is 16.1 Å². The van der Waals surface area contributed by atoms with Gasteiger partial charge in [0.1, 0.15) is 5.54 Å². The van der Waals surface area contributed by atoms with Crippen molar-refractivity contribution in [1.29, 1.82) is 0 Å². The molecule has 2 heterocycles. The van der Waals surface area contributed by atoms with Gasteiger partial charge in [0, 0.05) is 11.4 Å². The molecule has 0 aromatic carbocycles. The van der Waals surface area contributed by atoms with Gasteiger partial charge >= 0.3 is 12.0 Å². The summed E-state index contributed by atoms with van der Waals surface area (Å²) in [6.45, 7) is 4.38. The fraction of sp³-hybridized carbons (Fsp3) is 0.615. The van der Waals surface area contributed by atoms with Crippen molar-refractivity contribution in [3.8, 4) is 0 Å². The molecule has 0 spiro atoms. The number of aromatic nitrogens is 1. The second-order valence-corrected chi connectivity index (χ2v) is 6.15. The van der Waals surface area contributed by atoms with Crippen molar-refractivity contribution in [2.24, 2.45) is 0 Å². The quantitative estimate of drug-likeness (QED) is 0.894. The Morgan fingerprint density at radius 2 is 2.30 bits per heavy atom. The number of rotatable bonds is 3. The van der Waals surface area contributed by atoms with E-state index in [1.807, 2.05) is 6.92 Å². The number of carbonyl (C=O) groups excluding carboxylic acids is 1. The SMILES string of the molecule is Cc1ncsc1CNC(=O)N1CCCCC1(C)C(=O)O. The van der Waals surface area contributed by atoms with Gasteiger partial charge in [-0.2, -0.15) is 0 Å². The highest BCUT2D eigenvalue weighted by Crippen LogP contribution is 2.28. The molecule has 1 aliphatic rings. The number of hydrogen-bond acceptors (Lipinski definition) is 4. The molecule has 1 aromatic rings. The maximum atomic E-state index is 12.3. The molecule has 0 bridgehead atoms. The molecule has 20 heavy (non-hydrogen) atoms. The fourth-order valence-electron chi connectivity index (χ4n) is 2.42. The summed E-state index contributed by atoms with van der Waals surface area (Å²) in [7, 11) is 0. The molecule has 0 saturated carbocycles. The summed E-state index contributed by atoms with van der Waals surface area (Å²) < 4.78 is 0. The number of aryl methyl sites for hydroxylation is 1. The van der Waals surface area contributed by atoms with Crippen molar-refractivity contribution in [2.75, 3.05) is 6.54 Å². The first-order valence-electron chi connectivity index (χ1n) is 6.63. The highest BCUT2D eigenvalue weighted by molar-refractivity contribution is 7.09. The van der Waals surface area contributed by atoms with E-state index in [1.54, 1.807) is 12.4 Å². The van der Waals surface area contributed by atoms with Gasteiger partial charge in [0.05, 0.1) is 17.7 Å². The molecule has 1 unspecified atom stereocenters. The summed E-state index contributed by atoms with van der Waals surface area (Å²) in [6.07, 6.45) is 2.17. The number of urea groups is 1. The number of hydrogen-bond donors (Lipinski definition) is 2. The third kappa shape index (κ3) is 2.77. The lowest BCUT2D eigenvalue weighted by molar-refractivity contribution is -0.150. The highest BCUT2D eigenvalue weighted by Gasteiger charge is 2.43. The number of nitrogens with zero attached hydrogens (tertiary/aromatic N) is 2. The molecule has 1 aromatic heterocycles. The maximum absolute atomic E-state index is 12.3. The predicted octanol–water partition coefficient (Wildman–Crippen LogP) is 1.99. The summed E-state index contributed by atoms with van der Waals surface area (Å²) in [5.41, 5.74) is 1.53. The number of carboxylic acid groups (broad SMARTS) is 1. The molecule has 7 heteroatoms. The molecular formula is C13H19N3O3S. The van der Waals surface area contributed by atoms with Crippen LogP contribution in [0.2, 0.25) is 0 Å². The molecule has 110 valence electrons. The minimum atomic E-state index is -1.11. The van der Waals surface area contributed by atoms with Gasteiger partial charge in [-0.3, -0.25) is 0 Å². The number of thiazole rings is 1. The van der Waals surface area contributed by atoms with Crippen LogP contribution in [0.4, 0.5) is 4.79 Å². The standard InChI is InChI=1S/C13H19N3O3S/c1-9-10(20-8-15-9)7-14-12(19)16-6-4-3-5-13(16,2)11(17)18/h8H,3-7H2,1-2H3,(H,14,19)(H,17,18). The van der Waals surface area contributed by atoms with E-state index in [2.05, 4.69) is 10.3 Å². The Kier molecular flexibility index (Phi) is 4.27. The van der Waals surface area contributed by atoms with Crippen LogP contribution in [0.15, 0.2) is 5.51 Å². The third-order valence-corrected chi connectivity index (χ3v) is 4.78. The van der Waals surface area contributed by atoms with Crippen molar-refractivity contribution in [1.82, 2.24) is 15.2 Å². The van der Waals surface area contributed by atoms with Crippen LogP contribution in [0.3, 0.4) is 0 Å². The molecule has 2 rings (SSSR count). The Balaban J connectivity index is 2.03. The Morgan fingerprint density at radius 3 is 2.90 bits per heavy atom. The first-order valence-corrected chi connectivity index (χ1v) is 7.51. The molecule has 0 radical (unpaired) electrons. The predicted molar refractivity (Wildman–Crippen MR) is 75.7 cm³/mol. The average molecular weight is 297 g/mol. The monoisotopic (exact) mass is 297 g/mol. The number of nitrogens with one attached hydrogen (secondary N) is 1. The van der Waals surface area contributed by atoms with Gasteiger partial charge < -0.3 is 15.3 Å². The number of carbonyl (C=O) groups is 2. The Morgan fingerprint density at radius 1 is 1.55 bits per heavy atom. The normalized spacial score (nSPS) is 22.6. The molecule has 2 amide bonds. The van der Waals surface area contributed by atoms with Crippen LogP contribution in [-0.4, -0.2) is 39.1 Å². The summed E-state index contributed by atoms with van der Waals surface area (Å²) in [5, 5.41) is 12.2. The van der Waals surface area contributed by atoms with Crippen molar-refractivity contribution < 1.29 is 14.7 Å². The van der Waals surface area contributed by atoms with Crippen LogP contribution in [-0.2, 0) is 11.3 Å². The lowest BCUT2D eigenvalue weighted by Gasteiger charge is -2.41. The molecule has 0 aliphatic carbocycles. The molecule has 1 aliphatic heterocycles. The van der Waals surface area contributed by atoms with Crippen molar-refractivity contribution in [3.63, 3.8) is 0 Å². The maximum Gasteiger partial charge on any atom is 0.329 e. The van der Waals surface area contributed by atoms with Crippen LogP contribution in [0.5, 0.6) is 0 Å². The van der Waals surface area contributed by atoms with Crippen molar-refractivity contribution in [2.45, 2.75) is 45.2 Å². The number of aliphatic carboxylic acids is 1. The van der Waals surface area contributed by atoms with E-state index >= 15 is 0 Å². The van der Waals surface area contributed by atoms with Gasteiger partial charge in [0.25, 0.3) is 0 Å². The lowest BCUT2D eigenvalue weighted by Crippen LogP contribution is -2.59. The molecule has 1 fully saturated rings. The zero-order chi connectivity index (χ0) is 14.8. The van der Waals surface area contributed by atoms with Gasteiger partial charge in [-0.25, -0.2) is 14.6 Å². The molecule has 1 atom stereocenters. The van der Waals surface area contributed by atoms with Crippen molar-refractivity contribution >= 4 is 23.3 Å². The number of carboxylic acids is 1. The Labute approximate surface area is 121 Å². The molecule has 2 N–H and O–H groups in total. The first kappa shape index (κ1) is 14.8. The van der Waals surface area contributed by atoms with E-state index in [1.165, 1.54) is 16.2 Å². The average Bonchev–Trinajstić information content (AvgIpc) is 2.82. The van der Waals surface area contributed by atoms with E-state index in [0.717, 1.165) is 23.4 Å². The second-order valence-electron chi connectivity index (χ2n) is 5.21. The van der Waals surface area contributed by atoms with Gasteiger partial charge in [-0.05, 0) is 33.1 Å². The third-order valence-electron chi connectivity index (χ3n) is 3.84. The summed E-state index contributed by atoms with van der Waals surface area (Å²) in [4.78, 5) is 30.3. The topological polar surface area (TPSA) is 82.5 Å². The number of likely N-dealkylation sites (tertiary alicyclic amines) is 1. The Hall–Kier alpha value is -1.63. The minimum Gasteiger partial charge on any atom is -0.480 e. The van der Waals surface area contributed by atoms with Crippen LogP contribution in [0.1, 0.15) is 36.8 Å². The van der Waals surface area contributed by atoms with Gasteiger partial charge in [0.15, 0.2) is 0 Å². The zero-order valence-corrected chi connectivity index (χ0v) is 12.5. The smallest absolute Gasteiger partial charge is 0.329 e. The van der Waals surface area contributed by atoms with E-state index < -0.39 is 11.5 Å². The van der Waals surface area contributed by atoms with Crippen LogP contribution in [0, 0.1) is 6.92 Å². The van der Waals surface area contributed by atoms with Gasteiger partial charge in [-0.1, -0.05) is 0 Å². The van der Waals surface area contributed by atoms with Crippen LogP contribution < -0.4 is 5.32 Å². The Bertz CT molecular complexity index is 517. The fourth-order valence-corrected chi connectivity index (χ4v) is 3.13. The summed E-state index contributed by atoms with van der Waals surface area (Å²) >= 11 is 1.48. The zero-order valence-electron chi connectivity index (χ0n) is 11.7. The molecule has 1 saturated heterocycles. The minimum absolute atomic E-state index is 0.317. The van der Waals surface area contributed by atoms with Crippen LogP contribution in [0.25, 0.3) is 0 Å². The highest BCUT2D eigenvalue weighted by atomic mass is 32.1. The van der Waals surface area contributed by atoms with Crippen LogP contribution >= 0.6 is 11.3 Å². The molecular weight excluding hydrogens is 278 g/mol. The largest absolute Gasteiger partial charge is 0.480 e. The van der Waals surface area contributed by atoms with E-state index in [0.29, 0.717) is 19.5 Å². The van der Waals surface area contributed by atoms with Gasteiger partial charge in [0.2, 0.25) is 0 Å². The number of amides is 2. The molecule has 6 nitrogen and oxygen atoms in total. The summed E-state index contributed by atoms with van der Waals surface area (Å²) in [5.74, 6) is -0.943. The second kappa shape index (κ2) is 5.78. The summed E-state index contributed by atoms with van der Waals surface area (Å²) in [6, 6.07) is -0.317. The van der Waals surface area contributed by atoms with E-state index in [-0.39, 0.29) is 6.03 Å². The van der Waals surface area contributed by atoms with E-state index in [4.69, 9.17) is 0 Å². The van der Waals surface area contributed by atoms with Gasteiger partial charge in [-0.15, -0.1) is 11.3 Å².